The summed E-state index contributed by atoms with van der Waals surface area (Å²) in [6, 6.07) is 13.7. The average Bonchev–Trinajstić information content (AvgIpc) is 3.53. The predicted octanol–water partition coefficient (Wildman–Crippen LogP) is 4.46. The molecule has 2 heterocycles. The molecule has 1 fully saturated rings. The van der Waals surface area contributed by atoms with Gasteiger partial charge in [-0.1, -0.05) is 62.2 Å². The van der Waals surface area contributed by atoms with Gasteiger partial charge in [0.1, 0.15) is 13.9 Å². The number of aromatic nitrogens is 1. The van der Waals surface area contributed by atoms with Crippen LogP contribution in [0.5, 0.6) is 0 Å². The van der Waals surface area contributed by atoms with E-state index in [-0.39, 0.29) is 17.6 Å². The number of nitriles is 1. The first kappa shape index (κ1) is 27.4. The van der Waals surface area contributed by atoms with E-state index in [1.54, 1.807) is 6.20 Å². The van der Waals surface area contributed by atoms with Crippen LogP contribution >= 0.6 is 23.2 Å². The van der Waals surface area contributed by atoms with Gasteiger partial charge in [0.15, 0.2) is 0 Å². The number of pyridine rings is 1. The second kappa shape index (κ2) is 10.1. The number of nitrogens with zero attached hydrogens (tertiary/aromatic N) is 3. The van der Waals surface area contributed by atoms with Crippen molar-refractivity contribution in [2.24, 2.45) is 5.41 Å². The average molecular weight is 564 g/mol. The summed E-state index contributed by atoms with van der Waals surface area (Å²) in [5.41, 5.74) is 9.54. The maximum absolute atomic E-state index is 9.97. The van der Waals surface area contributed by atoms with Crippen LogP contribution in [0.15, 0.2) is 54.5 Å². The zero-order chi connectivity index (χ0) is 28.0. The molecule has 1 saturated carbocycles. The van der Waals surface area contributed by atoms with Crippen molar-refractivity contribution in [1.82, 2.24) is 21.0 Å². The first-order chi connectivity index (χ1) is 18.5. The summed E-state index contributed by atoms with van der Waals surface area (Å²) in [6.45, 7) is 7.12. The van der Waals surface area contributed by atoms with Crippen LogP contribution in [0.25, 0.3) is 10.9 Å². The highest BCUT2D eigenvalue weighted by atomic mass is 35.5. The van der Waals surface area contributed by atoms with Gasteiger partial charge >= 0.3 is 0 Å². The van der Waals surface area contributed by atoms with Crippen LogP contribution in [-0.4, -0.2) is 41.6 Å². The van der Waals surface area contributed by atoms with Gasteiger partial charge in [-0.05, 0) is 42.0 Å². The Balaban J connectivity index is 1.61. The molecule has 0 amide bonds. The summed E-state index contributed by atoms with van der Waals surface area (Å²) in [7, 11) is 2.04. The fraction of sp³-hybridized carbons (Fsp3) is 0.357. The first-order valence-electron chi connectivity index (χ1n) is 12.9. The van der Waals surface area contributed by atoms with Crippen molar-refractivity contribution in [3.63, 3.8) is 0 Å². The van der Waals surface area contributed by atoms with E-state index in [1.165, 1.54) is 0 Å². The van der Waals surface area contributed by atoms with Gasteiger partial charge in [0.2, 0.25) is 0 Å². The molecule has 1 aliphatic heterocycles. The molecule has 0 bridgehead atoms. The molecule has 3 aromatic rings. The van der Waals surface area contributed by atoms with Crippen LogP contribution < -0.4 is 21.6 Å². The molecule has 1 unspecified atom stereocenters. The van der Waals surface area contributed by atoms with Crippen LogP contribution in [0.4, 0.5) is 11.4 Å². The van der Waals surface area contributed by atoms with Crippen molar-refractivity contribution in [2.45, 2.75) is 44.6 Å². The lowest BCUT2D eigenvalue weighted by Gasteiger charge is -2.34. The SMILES string of the molecule is BC(Nc1cc(Cl)c2ncc(C#N)c(NCC(C)(C)C)c2c1)(C1=CN(C2(CO)CC2)NN1)c1ccccc1Cl. The highest BCUT2D eigenvalue weighted by Gasteiger charge is 2.50. The van der Waals surface area contributed by atoms with Gasteiger partial charge in [-0.15, -0.1) is 5.53 Å². The number of benzene rings is 2. The molecule has 1 atom stereocenters. The number of aliphatic hydroxyl groups is 1. The standard InChI is InChI=1S/C28H32BCl2N7O/c1-26(2,3)15-34-24-17(12-32)13-33-25-19(24)10-18(11-22(25)31)35-28(29,20-6-4-5-7-21(20)30)23-14-38(37-36-23)27(16-39)8-9-27/h4-7,10-11,13-14,35-37,39H,8-9,15-16,29H2,1-3H3,(H,33,34). The molecule has 8 nitrogen and oxygen atoms in total. The first-order valence-corrected chi connectivity index (χ1v) is 13.7. The molecule has 2 aromatic carbocycles. The summed E-state index contributed by atoms with van der Waals surface area (Å²) in [5.74, 6) is 0. The van der Waals surface area contributed by atoms with Gasteiger partial charge in [-0.3, -0.25) is 9.99 Å². The maximum Gasteiger partial charge on any atom is 0.148 e. The third kappa shape index (κ3) is 5.22. The molecule has 1 aromatic heterocycles. The lowest BCUT2D eigenvalue weighted by molar-refractivity contribution is 0.106. The number of nitrogens with one attached hydrogen (secondary N) is 4. The lowest BCUT2D eigenvalue weighted by Crippen LogP contribution is -2.48. The molecule has 0 spiro atoms. The van der Waals surface area contributed by atoms with E-state index in [1.807, 2.05) is 55.5 Å². The van der Waals surface area contributed by atoms with E-state index in [0.717, 1.165) is 35.2 Å². The van der Waals surface area contributed by atoms with E-state index in [4.69, 9.17) is 23.2 Å². The molecule has 11 heteroatoms. The predicted molar refractivity (Wildman–Crippen MR) is 160 cm³/mol. The summed E-state index contributed by atoms with van der Waals surface area (Å²) >= 11 is 13.5. The highest BCUT2D eigenvalue weighted by Crippen LogP contribution is 2.44. The molecule has 5 N–H and O–H groups in total. The summed E-state index contributed by atoms with van der Waals surface area (Å²) in [6.07, 6.45) is 5.34. The number of halogens is 2. The Morgan fingerprint density at radius 1 is 1.21 bits per heavy atom. The summed E-state index contributed by atoms with van der Waals surface area (Å²) in [4.78, 5) is 4.49. The number of hydrazine groups is 2. The van der Waals surface area contributed by atoms with Crippen LogP contribution in [-0.2, 0) is 5.44 Å². The number of hydrogen-bond donors (Lipinski definition) is 5. The fourth-order valence-electron chi connectivity index (χ4n) is 4.84. The molecular weight excluding hydrogens is 532 g/mol. The molecule has 202 valence electrons. The minimum atomic E-state index is -0.818. The van der Waals surface area contributed by atoms with E-state index in [0.29, 0.717) is 33.4 Å². The quantitative estimate of drug-likeness (QED) is 0.256. The van der Waals surface area contributed by atoms with Crippen LogP contribution in [0.2, 0.25) is 10.0 Å². The van der Waals surface area contributed by atoms with Gasteiger partial charge in [0.05, 0.1) is 45.1 Å². The Kier molecular flexibility index (Phi) is 7.10. The molecule has 5 rings (SSSR count). The molecule has 39 heavy (non-hydrogen) atoms. The van der Waals surface area contributed by atoms with Crippen molar-refractivity contribution in [3.05, 3.63) is 75.7 Å². The zero-order valence-electron chi connectivity index (χ0n) is 22.5. The maximum atomic E-state index is 9.97. The molecular formula is C28H32BCl2N7O. The minimum Gasteiger partial charge on any atom is -0.394 e. The van der Waals surface area contributed by atoms with Crippen molar-refractivity contribution >= 4 is 53.3 Å². The van der Waals surface area contributed by atoms with Crippen LogP contribution in [0.3, 0.4) is 0 Å². The Bertz CT molecular complexity index is 1500. The summed E-state index contributed by atoms with van der Waals surface area (Å²) in [5, 5.41) is 30.7. The Hall–Kier alpha value is -3.16. The van der Waals surface area contributed by atoms with Gasteiger partial charge < -0.3 is 21.2 Å². The van der Waals surface area contributed by atoms with Gasteiger partial charge in [-0.2, -0.15) is 5.26 Å². The van der Waals surface area contributed by atoms with Crippen molar-refractivity contribution < 1.29 is 5.11 Å². The Labute approximate surface area is 239 Å². The topological polar surface area (TPSA) is 108 Å². The van der Waals surface area contributed by atoms with Crippen LogP contribution in [0, 0.1) is 16.7 Å². The third-order valence-corrected chi connectivity index (χ3v) is 8.01. The Morgan fingerprint density at radius 3 is 2.59 bits per heavy atom. The minimum absolute atomic E-state index is 0.00240. The smallest absolute Gasteiger partial charge is 0.148 e. The fourth-order valence-corrected chi connectivity index (χ4v) is 5.43. The van der Waals surface area contributed by atoms with E-state index in [2.05, 4.69) is 53.4 Å². The molecule has 0 saturated heterocycles. The van der Waals surface area contributed by atoms with Gasteiger partial charge in [-0.25, -0.2) is 0 Å². The number of aliphatic hydroxyl groups excluding tert-OH is 1. The zero-order valence-corrected chi connectivity index (χ0v) is 24.0. The van der Waals surface area contributed by atoms with E-state index in [9.17, 15) is 10.4 Å². The molecule has 0 radical (unpaired) electrons. The molecule has 2 aliphatic rings. The summed E-state index contributed by atoms with van der Waals surface area (Å²) < 4.78 is 0. The highest BCUT2D eigenvalue weighted by molar-refractivity contribution is 6.36. The van der Waals surface area contributed by atoms with Gasteiger partial charge in [0.25, 0.3) is 0 Å². The van der Waals surface area contributed by atoms with Gasteiger partial charge in [0, 0.05) is 35.0 Å². The van der Waals surface area contributed by atoms with Crippen molar-refractivity contribution in [3.8, 4) is 6.07 Å². The number of fused-ring (bicyclic) bond motifs is 1. The van der Waals surface area contributed by atoms with E-state index >= 15 is 0 Å². The largest absolute Gasteiger partial charge is 0.394 e. The number of rotatable bonds is 8. The number of anilines is 2. The van der Waals surface area contributed by atoms with Crippen molar-refractivity contribution in [1.29, 1.82) is 5.26 Å². The lowest BCUT2D eigenvalue weighted by atomic mass is 9.69. The monoisotopic (exact) mass is 563 g/mol. The van der Waals surface area contributed by atoms with Crippen molar-refractivity contribution in [2.75, 3.05) is 23.8 Å². The normalized spacial score (nSPS) is 17.7. The number of hydrogen-bond acceptors (Lipinski definition) is 8. The van der Waals surface area contributed by atoms with E-state index < -0.39 is 5.44 Å². The van der Waals surface area contributed by atoms with Crippen LogP contribution in [0.1, 0.15) is 44.7 Å². The second-order valence-electron chi connectivity index (χ2n) is 11.7. The second-order valence-corrected chi connectivity index (χ2v) is 12.5. The molecule has 1 aliphatic carbocycles. The third-order valence-electron chi connectivity index (χ3n) is 7.39. The Morgan fingerprint density at radius 2 is 1.95 bits per heavy atom.